The Bertz CT molecular complexity index is 615. The quantitative estimate of drug-likeness (QED) is 0.706. The Labute approximate surface area is 136 Å². The number of nitrogens with one attached hydrogen (secondary N) is 1. The zero-order valence-electron chi connectivity index (χ0n) is 12.7. The summed E-state index contributed by atoms with van der Waals surface area (Å²) in [5.74, 6) is 0.837. The second-order valence-electron chi connectivity index (χ2n) is 5.93. The van der Waals surface area contributed by atoms with Crippen molar-refractivity contribution in [2.24, 2.45) is 5.92 Å². The van der Waals surface area contributed by atoms with Crippen LogP contribution in [0.5, 0.6) is 0 Å². The van der Waals surface area contributed by atoms with E-state index < -0.39 is 0 Å². The van der Waals surface area contributed by atoms with Gasteiger partial charge in [0.2, 0.25) is 0 Å². The van der Waals surface area contributed by atoms with E-state index in [1.807, 2.05) is 17.4 Å². The molecule has 0 spiro atoms. The number of halogens is 1. The van der Waals surface area contributed by atoms with E-state index in [9.17, 15) is 0 Å². The molecule has 0 amide bonds. The lowest BCUT2D eigenvalue weighted by atomic mass is 10.1. The molecule has 1 fully saturated rings. The fraction of sp³-hybridized carbons (Fsp3) is 0.444. The summed E-state index contributed by atoms with van der Waals surface area (Å²) in [7, 11) is 0. The van der Waals surface area contributed by atoms with Crippen LogP contribution in [0.3, 0.4) is 0 Å². The maximum Gasteiger partial charge on any atom is 0.0443 e. The third kappa shape index (κ3) is 3.50. The minimum Gasteiger partial charge on any atom is -0.309 e. The Morgan fingerprint density at radius 2 is 2.10 bits per heavy atom. The third-order valence-electron chi connectivity index (χ3n) is 4.11. The van der Waals surface area contributed by atoms with Gasteiger partial charge in [-0.05, 0) is 74.0 Å². The predicted molar refractivity (Wildman–Crippen MR) is 93.3 cm³/mol. The van der Waals surface area contributed by atoms with Gasteiger partial charge in [0.25, 0.3) is 0 Å². The van der Waals surface area contributed by atoms with E-state index in [-0.39, 0.29) is 0 Å². The molecule has 1 saturated carbocycles. The molecule has 1 atom stereocenters. The van der Waals surface area contributed by atoms with Crippen LogP contribution in [0, 0.1) is 12.8 Å². The SMILES string of the molecule is CCCNC(c1ccc(-c2cc(Cl)ccc2C)s1)C1CC1. The monoisotopic (exact) mass is 319 g/mol. The van der Waals surface area contributed by atoms with E-state index in [0.29, 0.717) is 6.04 Å². The Balaban J connectivity index is 1.86. The van der Waals surface area contributed by atoms with Gasteiger partial charge in [0.05, 0.1) is 0 Å². The van der Waals surface area contributed by atoms with Crippen LogP contribution in [0.1, 0.15) is 42.7 Å². The van der Waals surface area contributed by atoms with Gasteiger partial charge in [0, 0.05) is 20.8 Å². The molecule has 1 nitrogen and oxygen atoms in total. The molecule has 3 heteroatoms. The van der Waals surface area contributed by atoms with E-state index in [2.05, 4.69) is 43.4 Å². The van der Waals surface area contributed by atoms with Crippen LogP contribution in [-0.2, 0) is 0 Å². The van der Waals surface area contributed by atoms with Crippen LogP contribution >= 0.6 is 22.9 Å². The van der Waals surface area contributed by atoms with Crippen molar-refractivity contribution in [1.82, 2.24) is 5.32 Å². The van der Waals surface area contributed by atoms with Gasteiger partial charge in [0.1, 0.15) is 0 Å². The summed E-state index contributed by atoms with van der Waals surface area (Å²) in [6.07, 6.45) is 3.92. The highest BCUT2D eigenvalue weighted by Gasteiger charge is 2.32. The highest BCUT2D eigenvalue weighted by atomic mass is 35.5. The standard InChI is InChI=1S/C18H22ClNS/c1-3-10-20-18(13-5-6-13)17-9-8-16(21-17)15-11-14(19)7-4-12(15)2/h4,7-9,11,13,18,20H,3,5-6,10H2,1-2H3. The summed E-state index contributed by atoms with van der Waals surface area (Å²) in [6.45, 7) is 5.48. The van der Waals surface area contributed by atoms with E-state index in [0.717, 1.165) is 17.5 Å². The summed E-state index contributed by atoms with van der Waals surface area (Å²) in [5.41, 5.74) is 2.56. The molecule has 21 heavy (non-hydrogen) atoms. The molecule has 1 N–H and O–H groups in total. The number of rotatable bonds is 6. The normalized spacial score (nSPS) is 16.1. The average Bonchev–Trinajstić information content (AvgIpc) is 3.19. The van der Waals surface area contributed by atoms with E-state index >= 15 is 0 Å². The molecule has 1 aliphatic rings. The minimum absolute atomic E-state index is 0.545. The predicted octanol–water partition coefficient (Wildman–Crippen LogP) is 5.83. The van der Waals surface area contributed by atoms with Gasteiger partial charge in [-0.2, -0.15) is 0 Å². The van der Waals surface area contributed by atoms with Gasteiger partial charge >= 0.3 is 0 Å². The molecule has 0 saturated heterocycles. The lowest BCUT2D eigenvalue weighted by Crippen LogP contribution is -2.22. The molecule has 0 bridgehead atoms. The van der Waals surface area contributed by atoms with Crippen molar-refractivity contribution in [1.29, 1.82) is 0 Å². The first-order valence-corrected chi connectivity index (χ1v) is 8.98. The molecular formula is C18H22ClNS. The van der Waals surface area contributed by atoms with Crippen LogP contribution in [0.4, 0.5) is 0 Å². The molecule has 1 heterocycles. The first-order chi connectivity index (χ1) is 10.2. The van der Waals surface area contributed by atoms with Crippen LogP contribution in [-0.4, -0.2) is 6.54 Å². The zero-order valence-corrected chi connectivity index (χ0v) is 14.2. The molecule has 1 aliphatic carbocycles. The summed E-state index contributed by atoms with van der Waals surface area (Å²) in [4.78, 5) is 2.80. The van der Waals surface area contributed by atoms with Gasteiger partial charge in [-0.3, -0.25) is 0 Å². The Morgan fingerprint density at radius 3 is 2.81 bits per heavy atom. The van der Waals surface area contributed by atoms with Crippen LogP contribution in [0.25, 0.3) is 10.4 Å². The number of thiophene rings is 1. The number of hydrogen-bond acceptors (Lipinski definition) is 2. The summed E-state index contributed by atoms with van der Waals surface area (Å²) >= 11 is 8.07. The lowest BCUT2D eigenvalue weighted by molar-refractivity contribution is 0.488. The second-order valence-corrected chi connectivity index (χ2v) is 7.48. The summed E-state index contributed by atoms with van der Waals surface area (Å²) < 4.78 is 0. The van der Waals surface area contributed by atoms with Crippen molar-refractivity contribution >= 4 is 22.9 Å². The van der Waals surface area contributed by atoms with Gasteiger partial charge in [-0.1, -0.05) is 24.6 Å². The van der Waals surface area contributed by atoms with E-state index in [4.69, 9.17) is 11.6 Å². The maximum absolute atomic E-state index is 6.16. The topological polar surface area (TPSA) is 12.0 Å². The summed E-state index contributed by atoms with van der Waals surface area (Å²) in [6, 6.07) is 11.2. The molecule has 1 aromatic carbocycles. The molecule has 112 valence electrons. The molecule has 0 aliphatic heterocycles. The fourth-order valence-electron chi connectivity index (χ4n) is 2.75. The van der Waals surface area contributed by atoms with Crippen LogP contribution in [0.15, 0.2) is 30.3 Å². The Kier molecular flexibility index (Phi) is 4.68. The summed E-state index contributed by atoms with van der Waals surface area (Å²) in [5, 5.41) is 4.54. The maximum atomic E-state index is 6.16. The number of aryl methyl sites for hydroxylation is 1. The lowest BCUT2D eigenvalue weighted by Gasteiger charge is -2.16. The van der Waals surface area contributed by atoms with E-state index in [1.54, 1.807) is 0 Å². The zero-order chi connectivity index (χ0) is 14.8. The second kappa shape index (κ2) is 6.51. The highest BCUT2D eigenvalue weighted by molar-refractivity contribution is 7.15. The van der Waals surface area contributed by atoms with Crippen LogP contribution < -0.4 is 5.32 Å². The van der Waals surface area contributed by atoms with E-state index in [1.165, 1.54) is 40.1 Å². The first kappa shape index (κ1) is 15.1. The van der Waals surface area contributed by atoms with Gasteiger partial charge in [0.15, 0.2) is 0 Å². The third-order valence-corrected chi connectivity index (χ3v) is 5.54. The Morgan fingerprint density at radius 1 is 1.29 bits per heavy atom. The Hall–Kier alpha value is -0.830. The largest absolute Gasteiger partial charge is 0.309 e. The van der Waals surface area contributed by atoms with Crippen molar-refractivity contribution in [3.8, 4) is 10.4 Å². The fourth-order valence-corrected chi connectivity index (χ4v) is 4.18. The molecule has 1 aromatic heterocycles. The molecule has 1 unspecified atom stereocenters. The van der Waals surface area contributed by atoms with Crippen molar-refractivity contribution in [2.75, 3.05) is 6.54 Å². The van der Waals surface area contributed by atoms with Gasteiger partial charge in [-0.15, -0.1) is 11.3 Å². The number of hydrogen-bond donors (Lipinski definition) is 1. The minimum atomic E-state index is 0.545. The van der Waals surface area contributed by atoms with Crippen molar-refractivity contribution in [3.05, 3.63) is 45.8 Å². The molecule has 0 radical (unpaired) electrons. The first-order valence-electron chi connectivity index (χ1n) is 7.78. The molecule has 2 aromatic rings. The van der Waals surface area contributed by atoms with Crippen molar-refractivity contribution < 1.29 is 0 Å². The molecule has 3 rings (SSSR count). The number of benzene rings is 1. The molecular weight excluding hydrogens is 298 g/mol. The van der Waals surface area contributed by atoms with Gasteiger partial charge < -0.3 is 5.32 Å². The van der Waals surface area contributed by atoms with Crippen molar-refractivity contribution in [2.45, 2.75) is 39.2 Å². The smallest absolute Gasteiger partial charge is 0.0443 e. The van der Waals surface area contributed by atoms with Crippen molar-refractivity contribution in [3.63, 3.8) is 0 Å². The highest BCUT2D eigenvalue weighted by Crippen LogP contribution is 2.44. The van der Waals surface area contributed by atoms with Crippen LogP contribution in [0.2, 0.25) is 5.02 Å². The van der Waals surface area contributed by atoms with Gasteiger partial charge in [-0.25, -0.2) is 0 Å². The average molecular weight is 320 g/mol.